The summed E-state index contributed by atoms with van der Waals surface area (Å²) in [7, 11) is 0. The molecule has 0 radical (unpaired) electrons. The Hall–Kier alpha value is -2.40. The maximum Gasteiger partial charge on any atom is 0.340 e. The van der Waals surface area contributed by atoms with Crippen LogP contribution in [0.25, 0.3) is 0 Å². The molecule has 0 saturated carbocycles. The second-order valence-corrected chi connectivity index (χ2v) is 6.39. The zero-order valence-electron chi connectivity index (χ0n) is 15.6. The third-order valence-corrected chi connectivity index (χ3v) is 4.48. The van der Waals surface area contributed by atoms with Gasteiger partial charge in [0.2, 0.25) is 5.78 Å². The number of nitrogens with one attached hydrogen (secondary N) is 1. The Bertz CT molecular complexity index is 750. The van der Waals surface area contributed by atoms with Crippen molar-refractivity contribution >= 4 is 11.8 Å². The summed E-state index contributed by atoms with van der Waals surface area (Å²) < 4.78 is 5.09. The quantitative estimate of drug-likeness (QED) is 0.599. The van der Waals surface area contributed by atoms with E-state index < -0.39 is 0 Å². The van der Waals surface area contributed by atoms with Crippen LogP contribution in [-0.4, -0.2) is 29.4 Å². The summed E-state index contributed by atoms with van der Waals surface area (Å²) in [4.78, 5) is 28.0. The minimum Gasteiger partial charge on any atom is -0.462 e. The molecule has 25 heavy (non-hydrogen) atoms. The lowest BCUT2D eigenvalue weighted by atomic mass is 10.0. The molecule has 2 atom stereocenters. The molecule has 134 valence electrons. The minimum atomic E-state index is -0.387. The van der Waals surface area contributed by atoms with E-state index in [1.165, 1.54) is 5.56 Å². The van der Waals surface area contributed by atoms with Crippen LogP contribution in [0.4, 0.5) is 0 Å². The standard InChI is InChI=1S/C20H26N2O3/c1-6-25-20(24)17-12(2)18(22-14(17)4)19(23)15(5)21-13(3)16-10-8-7-9-11-16/h7-11,13,15,21-22H,6H2,1-5H3/p+1/t13-,15-/m0/s1. The summed E-state index contributed by atoms with van der Waals surface area (Å²) in [6, 6.07) is 9.99. The Kier molecular flexibility index (Phi) is 6.15. The summed E-state index contributed by atoms with van der Waals surface area (Å²) in [6.45, 7) is 9.62. The van der Waals surface area contributed by atoms with Crippen LogP contribution >= 0.6 is 0 Å². The second-order valence-electron chi connectivity index (χ2n) is 6.39. The number of ketones is 1. The average Bonchev–Trinajstić information content (AvgIpc) is 2.89. The molecule has 0 aliphatic rings. The Morgan fingerprint density at radius 2 is 1.80 bits per heavy atom. The molecule has 1 aromatic carbocycles. The number of quaternary nitrogens is 1. The zero-order chi connectivity index (χ0) is 18.6. The van der Waals surface area contributed by atoms with Gasteiger partial charge in [0.05, 0.1) is 17.9 Å². The third kappa shape index (κ3) is 4.17. The van der Waals surface area contributed by atoms with Crippen molar-refractivity contribution in [3.63, 3.8) is 0 Å². The Morgan fingerprint density at radius 1 is 1.16 bits per heavy atom. The van der Waals surface area contributed by atoms with Crippen LogP contribution in [-0.2, 0) is 4.74 Å². The van der Waals surface area contributed by atoms with Gasteiger partial charge < -0.3 is 15.0 Å². The largest absolute Gasteiger partial charge is 0.462 e. The molecule has 3 N–H and O–H groups in total. The summed E-state index contributed by atoms with van der Waals surface area (Å²) >= 11 is 0. The lowest BCUT2D eigenvalue weighted by Gasteiger charge is -2.16. The van der Waals surface area contributed by atoms with Crippen LogP contribution in [0.15, 0.2) is 30.3 Å². The van der Waals surface area contributed by atoms with Gasteiger partial charge in [0.25, 0.3) is 0 Å². The van der Waals surface area contributed by atoms with Gasteiger partial charge in [-0.1, -0.05) is 30.3 Å². The number of nitrogens with two attached hydrogens (primary N) is 1. The van der Waals surface area contributed by atoms with Crippen molar-refractivity contribution in [1.82, 2.24) is 4.98 Å². The number of aryl methyl sites for hydroxylation is 1. The minimum absolute atomic E-state index is 0.0149. The normalized spacial score (nSPS) is 13.3. The number of H-pyrrole nitrogens is 1. The SMILES string of the molecule is CCOC(=O)c1c(C)[nH]c(C(=O)[C@H](C)[NH2+][C@@H](C)c2ccccc2)c1C. The van der Waals surface area contributed by atoms with E-state index in [9.17, 15) is 9.59 Å². The number of Topliss-reactive ketones (excluding diaryl/α,β-unsaturated/α-hetero) is 1. The molecular weight excluding hydrogens is 316 g/mol. The van der Waals surface area contributed by atoms with Crippen LogP contribution in [0, 0.1) is 13.8 Å². The Labute approximate surface area is 148 Å². The van der Waals surface area contributed by atoms with E-state index in [0.29, 0.717) is 29.1 Å². The van der Waals surface area contributed by atoms with Crippen molar-refractivity contribution in [2.75, 3.05) is 6.61 Å². The number of rotatable bonds is 7. The van der Waals surface area contributed by atoms with Crippen molar-refractivity contribution in [1.29, 1.82) is 0 Å². The number of benzene rings is 1. The maximum atomic E-state index is 12.9. The monoisotopic (exact) mass is 343 g/mol. The average molecular weight is 343 g/mol. The third-order valence-electron chi connectivity index (χ3n) is 4.48. The van der Waals surface area contributed by atoms with Crippen LogP contribution in [0.2, 0.25) is 0 Å². The smallest absolute Gasteiger partial charge is 0.340 e. The van der Waals surface area contributed by atoms with E-state index >= 15 is 0 Å². The first-order chi connectivity index (χ1) is 11.9. The highest BCUT2D eigenvalue weighted by atomic mass is 16.5. The van der Waals surface area contributed by atoms with E-state index in [1.807, 2.05) is 30.4 Å². The van der Waals surface area contributed by atoms with Crippen molar-refractivity contribution in [3.8, 4) is 0 Å². The maximum absolute atomic E-state index is 12.9. The first kappa shape index (κ1) is 18.9. The van der Waals surface area contributed by atoms with Gasteiger partial charge in [0.1, 0.15) is 12.1 Å². The summed E-state index contributed by atoms with van der Waals surface area (Å²) in [5.74, 6) is -0.402. The molecule has 0 aliphatic carbocycles. The number of aromatic amines is 1. The molecule has 2 rings (SSSR count). The molecule has 0 saturated heterocycles. The van der Waals surface area contributed by atoms with E-state index in [1.54, 1.807) is 20.8 Å². The molecule has 5 nitrogen and oxygen atoms in total. The van der Waals surface area contributed by atoms with Gasteiger partial charge in [0.15, 0.2) is 0 Å². The van der Waals surface area contributed by atoms with E-state index in [4.69, 9.17) is 4.74 Å². The van der Waals surface area contributed by atoms with Crippen LogP contribution in [0.1, 0.15) is 64.5 Å². The first-order valence-electron chi connectivity index (χ1n) is 8.67. The van der Waals surface area contributed by atoms with Gasteiger partial charge in [0, 0.05) is 11.3 Å². The summed E-state index contributed by atoms with van der Waals surface area (Å²) in [6.07, 6.45) is 0. The number of aromatic nitrogens is 1. The lowest BCUT2D eigenvalue weighted by molar-refractivity contribution is -0.709. The molecule has 0 aliphatic heterocycles. The van der Waals surface area contributed by atoms with Crippen LogP contribution in [0.3, 0.4) is 0 Å². The molecule has 2 aromatic rings. The second kappa shape index (κ2) is 8.12. The van der Waals surface area contributed by atoms with Crippen molar-refractivity contribution in [3.05, 3.63) is 58.4 Å². The molecule has 1 heterocycles. The van der Waals surface area contributed by atoms with Crippen LogP contribution in [0.5, 0.6) is 0 Å². The number of esters is 1. The molecule has 0 amide bonds. The molecule has 1 aromatic heterocycles. The van der Waals surface area contributed by atoms with Crippen molar-refractivity contribution in [2.45, 2.75) is 46.7 Å². The molecule has 0 bridgehead atoms. The molecule has 5 heteroatoms. The zero-order valence-corrected chi connectivity index (χ0v) is 15.6. The Morgan fingerprint density at radius 3 is 2.40 bits per heavy atom. The highest BCUT2D eigenvalue weighted by Crippen LogP contribution is 2.20. The van der Waals surface area contributed by atoms with Gasteiger partial charge in [-0.05, 0) is 40.2 Å². The van der Waals surface area contributed by atoms with E-state index in [0.717, 1.165) is 0 Å². The van der Waals surface area contributed by atoms with Crippen molar-refractivity contribution < 1.29 is 19.6 Å². The number of hydrogen-bond acceptors (Lipinski definition) is 3. The van der Waals surface area contributed by atoms with Gasteiger partial charge in [-0.3, -0.25) is 4.79 Å². The molecule has 0 unspecified atom stereocenters. The fraction of sp³-hybridized carbons (Fsp3) is 0.400. The lowest BCUT2D eigenvalue weighted by Crippen LogP contribution is -2.91. The van der Waals surface area contributed by atoms with E-state index in [2.05, 4.69) is 24.0 Å². The fourth-order valence-corrected chi connectivity index (χ4v) is 3.12. The molecule has 0 spiro atoms. The number of carbonyl (C=O) groups is 2. The highest BCUT2D eigenvalue weighted by molar-refractivity contribution is 6.03. The van der Waals surface area contributed by atoms with Crippen LogP contribution < -0.4 is 5.32 Å². The summed E-state index contributed by atoms with van der Waals surface area (Å²) in [5, 5.41) is 2.04. The molecule has 0 fully saturated rings. The highest BCUT2D eigenvalue weighted by Gasteiger charge is 2.28. The Balaban J connectivity index is 2.17. The van der Waals surface area contributed by atoms with Gasteiger partial charge >= 0.3 is 5.97 Å². The number of carbonyl (C=O) groups excluding carboxylic acids is 2. The van der Waals surface area contributed by atoms with E-state index in [-0.39, 0.29) is 23.8 Å². The van der Waals surface area contributed by atoms with Gasteiger partial charge in [-0.25, -0.2) is 4.79 Å². The number of hydrogen-bond donors (Lipinski definition) is 2. The summed E-state index contributed by atoms with van der Waals surface area (Å²) in [5.41, 5.74) is 3.46. The number of ether oxygens (including phenoxy) is 1. The fourth-order valence-electron chi connectivity index (χ4n) is 3.12. The van der Waals surface area contributed by atoms with Gasteiger partial charge in [-0.2, -0.15) is 0 Å². The molecular formula is C20H27N2O3+. The van der Waals surface area contributed by atoms with Crippen molar-refractivity contribution in [2.24, 2.45) is 0 Å². The van der Waals surface area contributed by atoms with Gasteiger partial charge in [-0.15, -0.1) is 0 Å². The topological polar surface area (TPSA) is 75.8 Å². The first-order valence-corrected chi connectivity index (χ1v) is 8.67. The predicted molar refractivity (Wildman–Crippen MR) is 96.8 cm³/mol. The predicted octanol–water partition coefficient (Wildman–Crippen LogP) is 2.70.